The Morgan fingerprint density at radius 3 is 2.55 bits per heavy atom. The molecule has 2 N–H and O–H groups in total. The fourth-order valence-electron chi connectivity index (χ4n) is 4.28. The lowest BCUT2D eigenvalue weighted by molar-refractivity contribution is 0.204. The Balaban J connectivity index is 1.76. The van der Waals surface area contributed by atoms with Crippen LogP contribution in [0.15, 0.2) is 40.8 Å². The predicted molar refractivity (Wildman–Crippen MR) is 144 cm³/mol. The number of rotatable bonds is 12. The summed E-state index contributed by atoms with van der Waals surface area (Å²) in [5.74, 6) is 0.210. The first-order valence-corrected chi connectivity index (χ1v) is 14.3. The molecule has 0 unspecified atom stereocenters. The number of hydrogen-bond donors (Lipinski definition) is 1. The van der Waals surface area contributed by atoms with Crippen LogP contribution in [0.1, 0.15) is 31.7 Å². The first kappa shape index (κ1) is 27.9. The molecule has 0 amide bonds. The molecule has 38 heavy (non-hydrogen) atoms. The molecule has 0 aliphatic heterocycles. The number of aromatic nitrogens is 3. The molecule has 0 radical (unpaired) electrons. The highest BCUT2D eigenvalue weighted by atomic mass is 32.2. The van der Waals surface area contributed by atoms with E-state index in [9.17, 15) is 8.42 Å². The van der Waals surface area contributed by atoms with E-state index in [-0.39, 0.29) is 23.2 Å². The van der Waals surface area contributed by atoms with E-state index < -0.39 is 21.4 Å². The number of nitrogens with zero attached hydrogens (tertiary/aromatic N) is 5. The van der Waals surface area contributed by atoms with Crippen LogP contribution in [0.5, 0.6) is 0 Å². The first-order valence-electron chi connectivity index (χ1n) is 12.5. The van der Waals surface area contributed by atoms with Gasteiger partial charge in [-0.25, -0.2) is 17.8 Å². The number of hydrogen-bond acceptors (Lipinski definition) is 9. The van der Waals surface area contributed by atoms with Crippen LogP contribution in [-0.4, -0.2) is 63.7 Å². The lowest BCUT2D eigenvalue weighted by Gasteiger charge is -2.26. The molecule has 2 heterocycles. The maximum Gasteiger partial charge on any atom is 0.251 e. The Morgan fingerprint density at radius 2 is 1.95 bits per heavy atom. The van der Waals surface area contributed by atoms with Gasteiger partial charge in [0.05, 0.1) is 24.0 Å². The topological polar surface area (TPSA) is 128 Å². The number of pyridine rings is 1. The molecule has 0 bridgehead atoms. The molecule has 2 aromatic heterocycles. The van der Waals surface area contributed by atoms with Gasteiger partial charge in [0.2, 0.25) is 15.9 Å². The molecule has 0 saturated heterocycles. The van der Waals surface area contributed by atoms with E-state index in [1.165, 1.54) is 13.1 Å². The minimum atomic E-state index is -3.81. The average Bonchev–Trinajstić information content (AvgIpc) is 3.33. The van der Waals surface area contributed by atoms with Crippen molar-refractivity contribution in [2.75, 3.05) is 49.3 Å². The maximum absolute atomic E-state index is 15.9. The van der Waals surface area contributed by atoms with Crippen LogP contribution in [0.25, 0.3) is 11.5 Å². The van der Waals surface area contributed by atoms with E-state index >= 15 is 4.39 Å². The van der Waals surface area contributed by atoms with Gasteiger partial charge in [0, 0.05) is 27.2 Å². The summed E-state index contributed by atoms with van der Waals surface area (Å²) in [4.78, 5) is 6.40. The summed E-state index contributed by atoms with van der Waals surface area (Å²) in [5, 5.41) is 8.21. The highest BCUT2D eigenvalue weighted by molar-refractivity contribution is 7.92. The first-order chi connectivity index (χ1) is 17.9. The summed E-state index contributed by atoms with van der Waals surface area (Å²) < 4.78 is 52.5. The number of nitrogens with two attached hydrogens (primary N) is 1. The molecule has 1 aliphatic rings. The van der Waals surface area contributed by atoms with Crippen LogP contribution >= 0.6 is 0 Å². The minimum Gasteiger partial charge on any atom is -0.419 e. The molecular weight excluding hydrogens is 511 g/mol. The molecule has 3 atom stereocenters. The van der Waals surface area contributed by atoms with Crippen molar-refractivity contribution in [3.63, 3.8) is 0 Å². The van der Waals surface area contributed by atoms with Gasteiger partial charge in [0.25, 0.3) is 5.89 Å². The van der Waals surface area contributed by atoms with Crippen LogP contribution in [0.3, 0.4) is 0 Å². The highest BCUT2D eigenvalue weighted by Crippen LogP contribution is 2.40. The van der Waals surface area contributed by atoms with Gasteiger partial charge >= 0.3 is 0 Å². The normalized spacial score (nSPS) is 18.7. The van der Waals surface area contributed by atoms with Gasteiger partial charge in [-0.15, -0.1) is 10.2 Å². The van der Waals surface area contributed by atoms with Gasteiger partial charge in [-0.2, -0.15) is 0 Å². The smallest absolute Gasteiger partial charge is 0.251 e. The summed E-state index contributed by atoms with van der Waals surface area (Å²) >= 11 is 0. The van der Waals surface area contributed by atoms with Crippen LogP contribution < -0.4 is 14.9 Å². The Kier molecular flexibility index (Phi) is 8.05. The van der Waals surface area contributed by atoms with E-state index in [0.717, 1.165) is 22.5 Å². The average molecular weight is 547 g/mol. The van der Waals surface area contributed by atoms with Crippen LogP contribution in [0.4, 0.5) is 16.0 Å². The zero-order chi connectivity index (χ0) is 27.7. The molecule has 1 saturated carbocycles. The van der Waals surface area contributed by atoms with Gasteiger partial charge in [-0.1, -0.05) is 37.3 Å². The summed E-state index contributed by atoms with van der Waals surface area (Å²) in [6.07, 6.45) is 2.49. The van der Waals surface area contributed by atoms with Crippen molar-refractivity contribution >= 4 is 21.7 Å². The van der Waals surface area contributed by atoms with Crippen molar-refractivity contribution in [1.29, 1.82) is 0 Å². The van der Waals surface area contributed by atoms with Crippen molar-refractivity contribution in [2.45, 2.75) is 32.2 Å². The molecule has 3 aromatic rings. The molecule has 1 aromatic carbocycles. The summed E-state index contributed by atoms with van der Waals surface area (Å²) in [5.41, 5.74) is 6.44. The van der Waals surface area contributed by atoms with Gasteiger partial charge in [0.1, 0.15) is 5.82 Å². The van der Waals surface area contributed by atoms with E-state index in [4.69, 9.17) is 14.9 Å². The Labute approximate surface area is 223 Å². The number of benzene rings is 1. The molecule has 1 fully saturated rings. The van der Waals surface area contributed by atoms with Gasteiger partial charge in [-0.3, -0.25) is 4.31 Å². The lowest BCUT2D eigenvalue weighted by Crippen LogP contribution is -2.35. The third-order valence-electron chi connectivity index (χ3n) is 6.90. The second-order valence-electron chi connectivity index (χ2n) is 10.3. The fourth-order valence-corrected chi connectivity index (χ4v) is 4.72. The largest absolute Gasteiger partial charge is 0.419 e. The number of ether oxygens (including phenoxy) is 1. The molecule has 12 heteroatoms. The van der Waals surface area contributed by atoms with Crippen LogP contribution in [0.2, 0.25) is 0 Å². The molecule has 1 aliphatic carbocycles. The van der Waals surface area contributed by atoms with Crippen molar-refractivity contribution in [3.05, 3.63) is 53.7 Å². The minimum absolute atomic E-state index is 0.0546. The molecule has 10 nitrogen and oxygen atoms in total. The number of anilines is 2. The summed E-state index contributed by atoms with van der Waals surface area (Å²) in [6, 6.07) is 11.1. The molecular formula is C26H35FN6O4S. The van der Waals surface area contributed by atoms with Gasteiger partial charge in [0.15, 0.2) is 11.6 Å². The van der Waals surface area contributed by atoms with E-state index in [1.807, 2.05) is 35.2 Å². The second kappa shape index (κ2) is 11.0. The van der Waals surface area contributed by atoms with Crippen molar-refractivity contribution in [2.24, 2.45) is 17.6 Å². The van der Waals surface area contributed by atoms with Crippen molar-refractivity contribution < 1.29 is 22.0 Å². The Hall–Kier alpha value is -3.09. The summed E-state index contributed by atoms with van der Waals surface area (Å²) in [7, 11) is -0.950. The highest BCUT2D eigenvalue weighted by Gasteiger charge is 2.35. The third kappa shape index (κ3) is 6.30. The second-order valence-corrected chi connectivity index (χ2v) is 12.3. The lowest BCUT2D eigenvalue weighted by atomic mass is 9.94. The Morgan fingerprint density at radius 1 is 1.26 bits per heavy atom. The third-order valence-corrected chi connectivity index (χ3v) is 8.07. The predicted octanol–water partition coefficient (Wildman–Crippen LogP) is 3.19. The van der Waals surface area contributed by atoms with Crippen LogP contribution in [-0.2, 0) is 26.7 Å². The fraction of sp³-hybridized carbons (Fsp3) is 0.500. The van der Waals surface area contributed by atoms with Crippen LogP contribution in [0, 0.1) is 17.7 Å². The van der Waals surface area contributed by atoms with Gasteiger partial charge < -0.3 is 19.8 Å². The monoisotopic (exact) mass is 546 g/mol. The maximum atomic E-state index is 15.9. The zero-order valence-corrected chi connectivity index (χ0v) is 23.2. The van der Waals surface area contributed by atoms with E-state index in [1.54, 1.807) is 14.0 Å². The Bertz CT molecular complexity index is 1370. The van der Waals surface area contributed by atoms with Crippen molar-refractivity contribution in [3.8, 4) is 11.5 Å². The zero-order valence-electron chi connectivity index (χ0n) is 22.4. The molecule has 4 rings (SSSR count). The number of methoxy groups -OCH3 is 1. The quantitative estimate of drug-likeness (QED) is 0.364. The number of halogens is 1. The van der Waals surface area contributed by atoms with Crippen molar-refractivity contribution in [1.82, 2.24) is 15.2 Å². The SMILES string of the molecule is COCCN(C[C@@H]1C[C@H]1C)c1cc(-c2nnc([C@](C)(N)Cc3ccccc3)o2)c(F)c(N(C)S(C)(=O)=O)n1. The van der Waals surface area contributed by atoms with Gasteiger partial charge in [-0.05, 0) is 43.2 Å². The van der Waals surface area contributed by atoms with E-state index in [0.29, 0.717) is 43.8 Å². The standard InChI is InChI=1S/C26H35FN6O4S/c1-17-13-19(17)16-33(11-12-36-4)21-14-20(22(27)23(29-21)32(3)38(5,34)35)24-30-31-25(37-24)26(2,28)15-18-9-7-6-8-10-18/h6-10,14,17,19H,11-13,15-16,28H2,1-5H3/t17-,19+,26-/m1/s1. The summed E-state index contributed by atoms with van der Waals surface area (Å²) in [6.45, 7) is 5.52. The van der Waals surface area contributed by atoms with E-state index in [2.05, 4.69) is 22.1 Å². The number of sulfonamides is 1. The molecule has 206 valence electrons. The molecule has 0 spiro atoms.